The standard InChI is InChI=1S/C28H23N3O2S/c1-18-13-15-20(16-14-18)17-23-27(33)31-25(21-9-5-3-6-10-21)24(19(2)29-28(31)34-23)26(32)30-22-11-7-4-8-12-22/h3-17,25H,1-2H3,(H,30,32)/b23-17-. The molecule has 0 aliphatic carbocycles. The third kappa shape index (κ3) is 4.16. The van der Waals surface area contributed by atoms with Crippen LogP contribution in [0.15, 0.2) is 106 Å². The molecule has 0 fully saturated rings. The van der Waals surface area contributed by atoms with E-state index in [1.807, 2.05) is 105 Å². The Balaban J connectivity index is 1.66. The minimum atomic E-state index is -0.568. The first-order valence-corrected chi connectivity index (χ1v) is 11.8. The van der Waals surface area contributed by atoms with Crippen molar-refractivity contribution in [3.63, 3.8) is 0 Å². The zero-order valence-corrected chi connectivity index (χ0v) is 19.7. The van der Waals surface area contributed by atoms with Crippen molar-refractivity contribution in [2.45, 2.75) is 19.9 Å². The van der Waals surface area contributed by atoms with Crippen LogP contribution in [0.5, 0.6) is 0 Å². The lowest BCUT2D eigenvalue weighted by Gasteiger charge is -2.25. The maximum absolute atomic E-state index is 13.6. The summed E-state index contributed by atoms with van der Waals surface area (Å²) in [4.78, 5) is 32.4. The SMILES string of the molecule is CC1=C(C(=O)Nc2ccccc2)C(c2ccccc2)n2c(s/c(=C\c3ccc(C)cc3)c2=O)=N1. The lowest BCUT2D eigenvalue weighted by molar-refractivity contribution is -0.113. The second-order valence-corrected chi connectivity index (χ2v) is 9.23. The Hall–Kier alpha value is -4.03. The molecule has 5 nitrogen and oxygen atoms in total. The summed E-state index contributed by atoms with van der Waals surface area (Å²) in [5.41, 5.74) is 4.57. The zero-order valence-electron chi connectivity index (χ0n) is 18.9. The van der Waals surface area contributed by atoms with Gasteiger partial charge in [-0.3, -0.25) is 14.2 Å². The number of para-hydroxylation sites is 1. The molecule has 1 atom stereocenters. The fraction of sp³-hybridized carbons (Fsp3) is 0.107. The lowest BCUT2D eigenvalue weighted by Crippen LogP contribution is -2.40. The number of hydrogen-bond donors (Lipinski definition) is 1. The van der Waals surface area contributed by atoms with Crippen molar-refractivity contribution in [3.05, 3.63) is 133 Å². The minimum absolute atomic E-state index is 0.157. The van der Waals surface area contributed by atoms with Gasteiger partial charge in [-0.15, -0.1) is 0 Å². The van der Waals surface area contributed by atoms with Crippen LogP contribution in [0.2, 0.25) is 0 Å². The highest BCUT2D eigenvalue weighted by Gasteiger charge is 2.32. The fourth-order valence-corrected chi connectivity index (χ4v) is 5.14. The van der Waals surface area contributed by atoms with E-state index in [1.54, 1.807) is 4.57 Å². The van der Waals surface area contributed by atoms with Gasteiger partial charge in [0.25, 0.3) is 11.5 Å². The Kier molecular flexibility index (Phi) is 5.82. The highest BCUT2D eigenvalue weighted by Crippen LogP contribution is 2.30. The molecule has 6 heteroatoms. The van der Waals surface area contributed by atoms with E-state index in [0.29, 0.717) is 26.3 Å². The number of rotatable bonds is 4. The summed E-state index contributed by atoms with van der Waals surface area (Å²) in [6, 6.07) is 26.4. The Morgan fingerprint density at radius 1 is 0.941 bits per heavy atom. The van der Waals surface area contributed by atoms with E-state index in [4.69, 9.17) is 0 Å². The molecule has 0 spiro atoms. The molecule has 0 radical (unpaired) electrons. The van der Waals surface area contributed by atoms with Crippen molar-refractivity contribution < 1.29 is 4.79 Å². The van der Waals surface area contributed by atoms with Crippen LogP contribution in [0.3, 0.4) is 0 Å². The van der Waals surface area contributed by atoms with Gasteiger partial charge in [-0.05, 0) is 43.2 Å². The highest BCUT2D eigenvalue weighted by molar-refractivity contribution is 7.07. The van der Waals surface area contributed by atoms with E-state index in [1.165, 1.54) is 11.3 Å². The molecule has 168 valence electrons. The van der Waals surface area contributed by atoms with Crippen LogP contribution >= 0.6 is 11.3 Å². The summed E-state index contributed by atoms with van der Waals surface area (Å²) in [5.74, 6) is -0.269. The average molecular weight is 466 g/mol. The average Bonchev–Trinajstić information content (AvgIpc) is 3.15. The molecule has 34 heavy (non-hydrogen) atoms. The predicted octanol–water partition coefficient (Wildman–Crippen LogP) is 4.18. The number of aryl methyl sites for hydroxylation is 1. The molecule has 0 saturated heterocycles. The molecular formula is C28H23N3O2S. The Labute approximate surface area is 201 Å². The van der Waals surface area contributed by atoms with E-state index in [-0.39, 0.29) is 11.5 Å². The summed E-state index contributed by atoms with van der Waals surface area (Å²) < 4.78 is 2.23. The molecular weight excluding hydrogens is 442 g/mol. The van der Waals surface area contributed by atoms with Crippen molar-refractivity contribution in [2.24, 2.45) is 4.99 Å². The monoisotopic (exact) mass is 465 g/mol. The van der Waals surface area contributed by atoms with Crippen LogP contribution in [-0.4, -0.2) is 10.5 Å². The number of benzene rings is 3. The maximum Gasteiger partial charge on any atom is 0.271 e. The van der Waals surface area contributed by atoms with Gasteiger partial charge in [0.1, 0.15) is 0 Å². The van der Waals surface area contributed by atoms with Gasteiger partial charge in [0.2, 0.25) is 0 Å². The number of hydrogen-bond acceptors (Lipinski definition) is 4. The molecule has 3 aromatic carbocycles. The molecule has 1 unspecified atom stereocenters. The van der Waals surface area contributed by atoms with Crippen LogP contribution in [-0.2, 0) is 4.79 Å². The third-order valence-corrected chi connectivity index (χ3v) is 6.77. The molecule has 1 N–H and O–H groups in total. The summed E-state index contributed by atoms with van der Waals surface area (Å²) in [6.07, 6.45) is 1.88. The predicted molar refractivity (Wildman–Crippen MR) is 136 cm³/mol. The number of thiazole rings is 1. The number of nitrogens with one attached hydrogen (secondary N) is 1. The Morgan fingerprint density at radius 2 is 1.59 bits per heavy atom. The van der Waals surface area contributed by atoms with Crippen molar-refractivity contribution in [1.82, 2.24) is 4.57 Å². The number of carbonyl (C=O) groups excluding carboxylic acids is 1. The van der Waals surface area contributed by atoms with Gasteiger partial charge in [0.15, 0.2) is 4.80 Å². The van der Waals surface area contributed by atoms with Crippen molar-refractivity contribution in [1.29, 1.82) is 0 Å². The second-order valence-electron chi connectivity index (χ2n) is 8.22. The number of allylic oxidation sites excluding steroid dienone is 1. The van der Waals surface area contributed by atoms with Gasteiger partial charge in [-0.1, -0.05) is 89.7 Å². The Bertz CT molecular complexity index is 1560. The van der Waals surface area contributed by atoms with E-state index < -0.39 is 6.04 Å². The minimum Gasteiger partial charge on any atom is -0.322 e. The molecule has 4 aromatic rings. The van der Waals surface area contributed by atoms with Gasteiger partial charge in [-0.25, -0.2) is 4.99 Å². The highest BCUT2D eigenvalue weighted by atomic mass is 32.1. The van der Waals surface area contributed by atoms with Gasteiger partial charge < -0.3 is 5.32 Å². The summed E-state index contributed by atoms with van der Waals surface area (Å²) in [5, 5.41) is 2.97. The molecule has 1 amide bonds. The number of nitrogens with zero attached hydrogens (tertiary/aromatic N) is 2. The quantitative estimate of drug-likeness (QED) is 0.491. The molecule has 1 aliphatic heterocycles. The van der Waals surface area contributed by atoms with Gasteiger partial charge in [0.05, 0.1) is 21.8 Å². The van der Waals surface area contributed by atoms with Gasteiger partial charge in [0, 0.05) is 5.69 Å². The molecule has 1 aliphatic rings. The van der Waals surface area contributed by atoms with Crippen LogP contribution in [0.1, 0.15) is 29.7 Å². The molecule has 1 aromatic heterocycles. The number of anilines is 1. The maximum atomic E-state index is 13.6. The first-order valence-electron chi connectivity index (χ1n) is 11.0. The second kappa shape index (κ2) is 9.08. The summed E-state index contributed by atoms with van der Waals surface area (Å²) >= 11 is 1.34. The van der Waals surface area contributed by atoms with E-state index >= 15 is 0 Å². The molecule has 0 bridgehead atoms. The van der Waals surface area contributed by atoms with E-state index in [0.717, 1.165) is 16.7 Å². The largest absolute Gasteiger partial charge is 0.322 e. The summed E-state index contributed by atoms with van der Waals surface area (Å²) in [7, 11) is 0. The van der Waals surface area contributed by atoms with Crippen LogP contribution in [0.4, 0.5) is 5.69 Å². The molecule has 5 rings (SSSR count). The number of carbonyl (C=O) groups is 1. The number of fused-ring (bicyclic) bond motifs is 1. The zero-order chi connectivity index (χ0) is 23.7. The van der Waals surface area contributed by atoms with Crippen molar-refractivity contribution >= 4 is 29.0 Å². The normalized spacial score (nSPS) is 15.6. The van der Waals surface area contributed by atoms with Crippen molar-refractivity contribution in [2.75, 3.05) is 5.32 Å². The fourth-order valence-electron chi connectivity index (χ4n) is 4.10. The summed E-state index contributed by atoms with van der Waals surface area (Å²) in [6.45, 7) is 3.86. The first-order chi connectivity index (χ1) is 16.5. The van der Waals surface area contributed by atoms with E-state index in [2.05, 4.69) is 10.3 Å². The number of amides is 1. The van der Waals surface area contributed by atoms with E-state index in [9.17, 15) is 9.59 Å². The van der Waals surface area contributed by atoms with Crippen LogP contribution in [0.25, 0.3) is 6.08 Å². The van der Waals surface area contributed by atoms with Gasteiger partial charge in [-0.2, -0.15) is 0 Å². The van der Waals surface area contributed by atoms with Gasteiger partial charge >= 0.3 is 0 Å². The lowest BCUT2D eigenvalue weighted by atomic mass is 9.95. The Morgan fingerprint density at radius 3 is 2.26 bits per heavy atom. The third-order valence-electron chi connectivity index (χ3n) is 5.79. The van der Waals surface area contributed by atoms with Crippen LogP contribution in [0, 0.1) is 6.92 Å². The smallest absolute Gasteiger partial charge is 0.271 e. The first kappa shape index (κ1) is 21.8. The molecule has 0 saturated carbocycles. The molecule has 2 heterocycles. The van der Waals surface area contributed by atoms with Crippen molar-refractivity contribution in [3.8, 4) is 0 Å². The number of aromatic nitrogens is 1. The van der Waals surface area contributed by atoms with Crippen LogP contribution < -0.4 is 20.2 Å². The topological polar surface area (TPSA) is 63.5 Å².